The second kappa shape index (κ2) is 5.58. The quantitative estimate of drug-likeness (QED) is 0.822. The van der Waals surface area contributed by atoms with Gasteiger partial charge in [0.05, 0.1) is 31.3 Å². The molecule has 5 nitrogen and oxygen atoms in total. The summed E-state index contributed by atoms with van der Waals surface area (Å²) in [5, 5.41) is 0. The zero-order valence-electron chi connectivity index (χ0n) is 12.0. The van der Waals surface area contributed by atoms with Crippen LogP contribution in [-0.4, -0.2) is 54.1 Å². The van der Waals surface area contributed by atoms with Crippen molar-refractivity contribution in [1.29, 1.82) is 0 Å². The predicted molar refractivity (Wildman–Crippen MR) is 74.2 cm³/mol. The second-order valence-corrected chi connectivity index (χ2v) is 5.92. The van der Waals surface area contributed by atoms with Gasteiger partial charge in [-0.05, 0) is 18.9 Å². The standard InChI is InChI=1S/C15H22N2O3/c1-13(18)17-5-2-4-15(12-17)11-16(6-8-20-15)9-14-3-7-19-10-14/h3,7,10H,2,4-6,8-9,11-12H2,1H3. The summed E-state index contributed by atoms with van der Waals surface area (Å²) >= 11 is 0. The molecule has 1 aromatic rings. The zero-order chi connectivity index (χ0) is 14.0. The first-order valence-electron chi connectivity index (χ1n) is 7.30. The molecule has 1 atom stereocenters. The van der Waals surface area contributed by atoms with Crippen molar-refractivity contribution in [2.24, 2.45) is 0 Å². The van der Waals surface area contributed by atoms with E-state index < -0.39 is 0 Å². The Bertz CT molecular complexity index is 456. The number of ether oxygens (including phenoxy) is 1. The first kappa shape index (κ1) is 13.6. The highest BCUT2D eigenvalue weighted by Gasteiger charge is 2.41. The van der Waals surface area contributed by atoms with Crippen LogP contribution in [0, 0.1) is 0 Å². The number of likely N-dealkylation sites (tertiary alicyclic amines) is 1. The molecule has 110 valence electrons. The Morgan fingerprint density at radius 3 is 3.05 bits per heavy atom. The van der Waals surface area contributed by atoms with Crippen molar-refractivity contribution >= 4 is 5.91 Å². The summed E-state index contributed by atoms with van der Waals surface area (Å²) in [6.45, 7) is 6.69. The van der Waals surface area contributed by atoms with Crippen molar-refractivity contribution in [3.63, 3.8) is 0 Å². The fraction of sp³-hybridized carbons (Fsp3) is 0.667. The van der Waals surface area contributed by atoms with Gasteiger partial charge >= 0.3 is 0 Å². The van der Waals surface area contributed by atoms with Gasteiger partial charge in [-0.1, -0.05) is 0 Å². The third-order valence-corrected chi connectivity index (χ3v) is 4.30. The number of rotatable bonds is 2. The number of amides is 1. The van der Waals surface area contributed by atoms with Gasteiger partial charge in [0.1, 0.15) is 0 Å². The van der Waals surface area contributed by atoms with Crippen LogP contribution >= 0.6 is 0 Å². The molecule has 0 N–H and O–H groups in total. The van der Waals surface area contributed by atoms with Gasteiger partial charge in [0.25, 0.3) is 0 Å². The number of furan rings is 1. The van der Waals surface area contributed by atoms with E-state index >= 15 is 0 Å². The zero-order valence-corrected chi connectivity index (χ0v) is 12.0. The molecule has 0 radical (unpaired) electrons. The third-order valence-electron chi connectivity index (χ3n) is 4.30. The average molecular weight is 278 g/mol. The van der Waals surface area contributed by atoms with Crippen LogP contribution in [0.25, 0.3) is 0 Å². The molecule has 2 aliphatic rings. The van der Waals surface area contributed by atoms with E-state index in [0.717, 1.165) is 52.2 Å². The molecule has 0 aromatic carbocycles. The van der Waals surface area contributed by atoms with Gasteiger partial charge in [-0.2, -0.15) is 0 Å². The Morgan fingerprint density at radius 1 is 1.40 bits per heavy atom. The monoisotopic (exact) mass is 278 g/mol. The summed E-state index contributed by atoms with van der Waals surface area (Å²) in [4.78, 5) is 15.9. The minimum atomic E-state index is -0.175. The molecule has 0 aliphatic carbocycles. The lowest BCUT2D eigenvalue weighted by Gasteiger charge is -2.47. The number of carbonyl (C=O) groups is 1. The highest BCUT2D eigenvalue weighted by atomic mass is 16.5. The molecular weight excluding hydrogens is 256 g/mol. The van der Waals surface area contributed by atoms with Gasteiger partial charge in [-0.15, -0.1) is 0 Å². The van der Waals surface area contributed by atoms with E-state index in [0.29, 0.717) is 0 Å². The summed E-state index contributed by atoms with van der Waals surface area (Å²) < 4.78 is 11.2. The van der Waals surface area contributed by atoms with Crippen molar-refractivity contribution in [2.45, 2.75) is 31.9 Å². The molecule has 1 aromatic heterocycles. The lowest BCUT2D eigenvalue weighted by atomic mass is 9.90. The average Bonchev–Trinajstić information content (AvgIpc) is 2.92. The van der Waals surface area contributed by atoms with E-state index in [1.165, 1.54) is 5.56 Å². The van der Waals surface area contributed by atoms with Crippen molar-refractivity contribution < 1.29 is 13.9 Å². The van der Waals surface area contributed by atoms with E-state index in [2.05, 4.69) is 4.90 Å². The summed E-state index contributed by atoms with van der Waals surface area (Å²) in [5.74, 6) is 0.152. The molecule has 1 spiro atoms. The van der Waals surface area contributed by atoms with Crippen molar-refractivity contribution in [3.05, 3.63) is 24.2 Å². The number of hydrogen-bond donors (Lipinski definition) is 0. The highest BCUT2D eigenvalue weighted by Crippen LogP contribution is 2.29. The van der Waals surface area contributed by atoms with Crippen LogP contribution in [0.1, 0.15) is 25.3 Å². The molecule has 1 unspecified atom stereocenters. The number of nitrogens with zero attached hydrogens (tertiary/aromatic N) is 2. The Labute approximate surface area is 119 Å². The Hall–Kier alpha value is -1.33. The van der Waals surface area contributed by atoms with Gasteiger partial charge in [0.15, 0.2) is 0 Å². The normalized spacial score (nSPS) is 27.9. The number of piperidine rings is 1. The van der Waals surface area contributed by atoms with Crippen LogP contribution in [0.3, 0.4) is 0 Å². The lowest BCUT2D eigenvalue weighted by Crippen LogP contribution is -2.60. The Kier molecular flexibility index (Phi) is 3.81. The molecule has 5 heteroatoms. The Balaban J connectivity index is 1.65. The third kappa shape index (κ3) is 2.88. The van der Waals surface area contributed by atoms with Gasteiger partial charge in [-0.25, -0.2) is 0 Å². The smallest absolute Gasteiger partial charge is 0.219 e. The molecular formula is C15H22N2O3. The van der Waals surface area contributed by atoms with E-state index in [1.807, 2.05) is 11.0 Å². The first-order valence-corrected chi connectivity index (χ1v) is 7.30. The summed E-state index contributed by atoms with van der Waals surface area (Å²) in [5.41, 5.74) is 1.02. The summed E-state index contributed by atoms with van der Waals surface area (Å²) in [7, 11) is 0. The lowest BCUT2D eigenvalue weighted by molar-refractivity contribution is -0.156. The first-order chi connectivity index (χ1) is 9.67. The van der Waals surface area contributed by atoms with Gasteiger partial charge in [0, 0.05) is 38.7 Å². The maximum absolute atomic E-state index is 11.6. The second-order valence-electron chi connectivity index (χ2n) is 5.92. The maximum atomic E-state index is 11.6. The molecule has 2 saturated heterocycles. The molecule has 2 fully saturated rings. The van der Waals surface area contributed by atoms with E-state index in [9.17, 15) is 4.79 Å². The van der Waals surface area contributed by atoms with Gasteiger partial charge < -0.3 is 14.1 Å². The number of carbonyl (C=O) groups excluding carboxylic acids is 1. The van der Waals surface area contributed by atoms with Gasteiger partial charge in [-0.3, -0.25) is 9.69 Å². The molecule has 20 heavy (non-hydrogen) atoms. The molecule has 0 saturated carbocycles. The minimum absolute atomic E-state index is 0.152. The van der Waals surface area contributed by atoms with E-state index in [4.69, 9.17) is 9.15 Å². The van der Waals surface area contributed by atoms with Crippen molar-refractivity contribution in [3.8, 4) is 0 Å². The highest BCUT2D eigenvalue weighted by molar-refractivity contribution is 5.73. The fourth-order valence-corrected chi connectivity index (χ4v) is 3.31. The van der Waals surface area contributed by atoms with Gasteiger partial charge in [0.2, 0.25) is 5.91 Å². The van der Waals surface area contributed by atoms with Crippen LogP contribution in [-0.2, 0) is 16.1 Å². The Morgan fingerprint density at radius 2 is 2.30 bits per heavy atom. The predicted octanol–water partition coefficient (Wildman–Crippen LogP) is 1.49. The largest absolute Gasteiger partial charge is 0.472 e. The minimum Gasteiger partial charge on any atom is -0.472 e. The van der Waals surface area contributed by atoms with Crippen LogP contribution < -0.4 is 0 Å². The van der Waals surface area contributed by atoms with Crippen LogP contribution in [0.5, 0.6) is 0 Å². The summed E-state index contributed by atoms with van der Waals surface area (Å²) in [6.07, 6.45) is 5.58. The number of hydrogen-bond acceptors (Lipinski definition) is 4. The van der Waals surface area contributed by atoms with E-state index in [1.54, 1.807) is 19.5 Å². The fourth-order valence-electron chi connectivity index (χ4n) is 3.31. The van der Waals surface area contributed by atoms with Crippen LogP contribution in [0.2, 0.25) is 0 Å². The summed E-state index contributed by atoms with van der Waals surface area (Å²) in [6, 6.07) is 2.00. The van der Waals surface area contributed by atoms with Crippen molar-refractivity contribution in [2.75, 3.05) is 32.8 Å². The maximum Gasteiger partial charge on any atom is 0.219 e. The van der Waals surface area contributed by atoms with Crippen LogP contribution in [0.4, 0.5) is 0 Å². The van der Waals surface area contributed by atoms with Crippen molar-refractivity contribution in [1.82, 2.24) is 9.80 Å². The molecule has 3 heterocycles. The van der Waals surface area contributed by atoms with Crippen LogP contribution in [0.15, 0.2) is 23.0 Å². The van der Waals surface area contributed by atoms with E-state index in [-0.39, 0.29) is 11.5 Å². The number of morpholine rings is 1. The molecule has 2 aliphatic heterocycles. The molecule has 0 bridgehead atoms. The topological polar surface area (TPSA) is 45.9 Å². The molecule has 3 rings (SSSR count). The SMILES string of the molecule is CC(=O)N1CCCC2(CN(Cc3ccoc3)CCO2)C1. The molecule has 1 amide bonds.